The van der Waals surface area contributed by atoms with Crippen molar-refractivity contribution in [2.24, 2.45) is 0 Å². The van der Waals surface area contributed by atoms with Crippen molar-refractivity contribution in [3.63, 3.8) is 0 Å². The summed E-state index contributed by atoms with van der Waals surface area (Å²) in [5.41, 5.74) is 3.92. The number of imidazole rings is 1. The number of aromatic nitrogens is 6. The first-order valence-electron chi connectivity index (χ1n) is 12.0. The Morgan fingerprint density at radius 2 is 2.06 bits per heavy atom. The number of hydrogen-bond donors (Lipinski definition) is 0. The van der Waals surface area contributed by atoms with E-state index in [2.05, 4.69) is 32.9 Å². The zero-order valence-electron chi connectivity index (χ0n) is 20.1. The summed E-state index contributed by atoms with van der Waals surface area (Å²) in [4.78, 5) is 9.54. The van der Waals surface area contributed by atoms with Gasteiger partial charge in [0.2, 0.25) is 10.0 Å². The third kappa shape index (κ3) is 4.03. The highest BCUT2D eigenvalue weighted by atomic mass is 32.2. The summed E-state index contributed by atoms with van der Waals surface area (Å²) in [5.74, 6) is 0.860. The highest BCUT2D eigenvalue weighted by molar-refractivity contribution is 7.88. The molecule has 36 heavy (non-hydrogen) atoms. The second-order valence-corrected chi connectivity index (χ2v) is 11.7. The summed E-state index contributed by atoms with van der Waals surface area (Å²) in [5, 5.41) is 19.0. The number of rotatable bonds is 5. The van der Waals surface area contributed by atoms with Gasteiger partial charge in [-0.25, -0.2) is 18.1 Å². The van der Waals surface area contributed by atoms with Crippen molar-refractivity contribution in [1.82, 2.24) is 33.8 Å². The second kappa shape index (κ2) is 8.62. The molecular formula is C24H26N8O3S. The molecule has 2 aliphatic rings. The van der Waals surface area contributed by atoms with Gasteiger partial charge in [-0.15, -0.1) is 5.10 Å². The minimum Gasteiger partial charge on any atom is -0.378 e. The van der Waals surface area contributed by atoms with E-state index >= 15 is 0 Å². The number of nitrogens with zero attached hydrogens (tertiary/aromatic N) is 8. The van der Waals surface area contributed by atoms with E-state index < -0.39 is 10.0 Å². The van der Waals surface area contributed by atoms with E-state index in [0.717, 1.165) is 46.3 Å². The Bertz CT molecular complexity index is 1610. The molecule has 0 unspecified atom stereocenters. The molecule has 0 amide bonds. The van der Waals surface area contributed by atoms with Crippen molar-refractivity contribution in [3.05, 3.63) is 47.7 Å². The smallest absolute Gasteiger partial charge is 0.211 e. The Balaban J connectivity index is 1.40. The molecule has 2 aliphatic heterocycles. The van der Waals surface area contributed by atoms with E-state index in [0.29, 0.717) is 31.7 Å². The van der Waals surface area contributed by atoms with Gasteiger partial charge in [0.25, 0.3) is 0 Å². The molecule has 0 spiro atoms. The predicted molar refractivity (Wildman–Crippen MR) is 132 cm³/mol. The van der Waals surface area contributed by atoms with Crippen molar-refractivity contribution in [3.8, 4) is 6.07 Å². The third-order valence-corrected chi connectivity index (χ3v) is 8.35. The molecule has 6 rings (SSSR count). The van der Waals surface area contributed by atoms with Gasteiger partial charge in [-0.3, -0.25) is 4.98 Å². The summed E-state index contributed by atoms with van der Waals surface area (Å²) in [6.07, 6.45) is 7.21. The van der Waals surface area contributed by atoms with Gasteiger partial charge < -0.3 is 9.30 Å². The molecule has 5 heterocycles. The molecule has 12 heteroatoms. The van der Waals surface area contributed by atoms with E-state index in [-0.39, 0.29) is 18.2 Å². The summed E-state index contributed by atoms with van der Waals surface area (Å²) in [6.45, 7) is 3.56. The van der Waals surface area contributed by atoms with Gasteiger partial charge in [0.15, 0.2) is 0 Å². The molecule has 4 aromatic rings. The monoisotopic (exact) mass is 506 g/mol. The van der Waals surface area contributed by atoms with E-state index in [1.54, 1.807) is 16.9 Å². The number of hydrogen-bond acceptors (Lipinski definition) is 8. The molecule has 2 saturated heterocycles. The topological polar surface area (TPSA) is 132 Å². The van der Waals surface area contributed by atoms with Gasteiger partial charge in [0, 0.05) is 37.3 Å². The zero-order chi connectivity index (χ0) is 25.0. The van der Waals surface area contributed by atoms with E-state index in [4.69, 9.17) is 9.72 Å². The van der Waals surface area contributed by atoms with Crippen molar-refractivity contribution < 1.29 is 13.2 Å². The summed E-state index contributed by atoms with van der Waals surface area (Å²) in [6, 6.07) is 7.95. The normalized spacial score (nSPS) is 21.6. The Labute approximate surface area is 208 Å². The van der Waals surface area contributed by atoms with Crippen LogP contribution in [0.15, 0.2) is 30.6 Å². The Morgan fingerprint density at radius 1 is 1.22 bits per heavy atom. The van der Waals surface area contributed by atoms with Crippen LogP contribution in [0.25, 0.3) is 21.9 Å². The van der Waals surface area contributed by atoms with Crippen LogP contribution in [0.2, 0.25) is 0 Å². The first kappa shape index (κ1) is 23.0. The fourth-order valence-corrected chi connectivity index (χ4v) is 6.10. The van der Waals surface area contributed by atoms with Crippen LogP contribution in [0.5, 0.6) is 0 Å². The zero-order valence-corrected chi connectivity index (χ0v) is 20.9. The number of fused-ring (bicyclic) bond motifs is 3. The predicted octanol–water partition coefficient (Wildman–Crippen LogP) is 2.19. The quantitative estimate of drug-likeness (QED) is 0.402. The molecule has 3 aromatic heterocycles. The average molecular weight is 507 g/mol. The van der Waals surface area contributed by atoms with E-state index in [9.17, 15) is 13.7 Å². The van der Waals surface area contributed by atoms with Gasteiger partial charge in [0.1, 0.15) is 11.3 Å². The molecule has 1 aromatic carbocycles. The van der Waals surface area contributed by atoms with Gasteiger partial charge in [-0.1, -0.05) is 5.21 Å². The number of nitriles is 1. The molecule has 0 radical (unpaired) electrons. The molecule has 2 fully saturated rings. The number of sulfonamides is 1. The largest absolute Gasteiger partial charge is 0.378 e. The molecule has 186 valence electrons. The Hall–Kier alpha value is -3.40. The van der Waals surface area contributed by atoms with Gasteiger partial charge in [0.05, 0.1) is 59.4 Å². The van der Waals surface area contributed by atoms with E-state index in [1.165, 1.54) is 10.6 Å². The van der Waals surface area contributed by atoms with Crippen LogP contribution in [0.4, 0.5) is 0 Å². The lowest BCUT2D eigenvalue weighted by atomic mass is 10.0. The van der Waals surface area contributed by atoms with Crippen molar-refractivity contribution >= 4 is 32.0 Å². The standard InChI is InChI=1S/C24H26N8O3S/c1-15-7-18(5-6-35-15)32-23(9-17-12-31(29-28-17)19-13-30(14-19)36(2,33)34)27-22-11-26-21-4-3-16(10-25)8-20(21)24(22)32/h3-4,8,11-12,15,18-19H,5-7,9,13-14H2,1-2H3/t15-,18-/m1/s1. The molecule has 0 N–H and O–H groups in total. The lowest BCUT2D eigenvalue weighted by Crippen LogP contribution is -2.50. The Kier molecular flexibility index (Phi) is 5.51. The molecular weight excluding hydrogens is 480 g/mol. The van der Waals surface area contributed by atoms with Crippen LogP contribution in [0.3, 0.4) is 0 Å². The van der Waals surface area contributed by atoms with E-state index in [1.807, 2.05) is 18.3 Å². The summed E-state index contributed by atoms with van der Waals surface area (Å²) >= 11 is 0. The highest BCUT2D eigenvalue weighted by Crippen LogP contribution is 2.34. The molecule has 11 nitrogen and oxygen atoms in total. The number of benzene rings is 1. The fourth-order valence-electron chi connectivity index (χ4n) is 5.21. The number of pyridine rings is 1. The second-order valence-electron chi connectivity index (χ2n) is 9.69. The number of ether oxygens (including phenoxy) is 1. The van der Waals surface area contributed by atoms with Crippen LogP contribution in [0.1, 0.15) is 48.9 Å². The lowest BCUT2D eigenvalue weighted by molar-refractivity contribution is 0.00631. The minimum atomic E-state index is -3.19. The Morgan fingerprint density at radius 3 is 2.81 bits per heavy atom. The molecule has 2 atom stereocenters. The molecule has 0 aliphatic carbocycles. The van der Waals surface area contributed by atoms with Gasteiger partial charge >= 0.3 is 0 Å². The maximum Gasteiger partial charge on any atom is 0.211 e. The lowest BCUT2D eigenvalue weighted by Gasteiger charge is -2.36. The van der Waals surface area contributed by atoms with Crippen molar-refractivity contribution in [1.29, 1.82) is 5.26 Å². The maximum atomic E-state index is 11.7. The highest BCUT2D eigenvalue weighted by Gasteiger charge is 2.35. The van der Waals surface area contributed by atoms with Gasteiger partial charge in [-0.2, -0.15) is 9.57 Å². The third-order valence-electron chi connectivity index (χ3n) is 7.11. The van der Waals surface area contributed by atoms with Gasteiger partial charge in [-0.05, 0) is 38.0 Å². The molecule has 0 bridgehead atoms. The minimum absolute atomic E-state index is 0.0197. The fraction of sp³-hybridized carbons (Fsp3) is 0.458. The first-order chi connectivity index (χ1) is 17.3. The summed E-state index contributed by atoms with van der Waals surface area (Å²) in [7, 11) is -3.19. The van der Waals surface area contributed by atoms with Crippen LogP contribution < -0.4 is 0 Å². The molecule has 0 saturated carbocycles. The van der Waals surface area contributed by atoms with Crippen molar-refractivity contribution in [2.45, 2.75) is 44.4 Å². The maximum absolute atomic E-state index is 11.7. The first-order valence-corrected chi connectivity index (χ1v) is 13.8. The SMILES string of the molecule is C[C@@H]1C[C@H](n2c(Cc3cn(C4CN(S(C)(=O)=O)C4)nn3)nc3cnc4ccc(C#N)cc4c32)CCO1. The average Bonchev–Trinajstić information content (AvgIpc) is 3.41. The van der Waals surface area contributed by atoms with Crippen LogP contribution >= 0.6 is 0 Å². The van der Waals surface area contributed by atoms with Crippen LogP contribution in [-0.2, 0) is 21.2 Å². The summed E-state index contributed by atoms with van der Waals surface area (Å²) < 4.78 is 34.7. The van der Waals surface area contributed by atoms with Crippen molar-refractivity contribution in [2.75, 3.05) is 26.0 Å². The van der Waals surface area contributed by atoms with Crippen LogP contribution in [0, 0.1) is 11.3 Å². The van der Waals surface area contributed by atoms with Crippen LogP contribution in [-0.4, -0.2) is 74.3 Å².